The average Bonchev–Trinajstić information content (AvgIpc) is 3.37. The first-order valence-corrected chi connectivity index (χ1v) is 10.5. The number of para-hydroxylation sites is 1. The quantitative estimate of drug-likeness (QED) is 0.578. The molecule has 7 nitrogen and oxygen atoms in total. The Bertz CT molecular complexity index is 1040. The van der Waals surface area contributed by atoms with Gasteiger partial charge in [0.1, 0.15) is 5.82 Å². The number of carbonyl (C=O) groups is 2. The van der Waals surface area contributed by atoms with E-state index in [0.29, 0.717) is 18.7 Å². The minimum absolute atomic E-state index is 0.169. The molecule has 0 saturated heterocycles. The highest BCUT2D eigenvalue weighted by Crippen LogP contribution is 2.24. The first-order valence-electron chi connectivity index (χ1n) is 10.5. The van der Waals surface area contributed by atoms with Crippen LogP contribution < -0.4 is 16.0 Å². The van der Waals surface area contributed by atoms with Crippen molar-refractivity contribution in [3.05, 3.63) is 54.4 Å². The molecule has 1 aromatic heterocycles. The van der Waals surface area contributed by atoms with E-state index in [1.54, 1.807) is 0 Å². The molecule has 3 amide bonds. The summed E-state index contributed by atoms with van der Waals surface area (Å²) >= 11 is 0. The molecule has 156 valence electrons. The molecule has 0 unspecified atom stereocenters. The van der Waals surface area contributed by atoms with E-state index in [2.05, 4.69) is 16.0 Å². The van der Waals surface area contributed by atoms with Crippen LogP contribution in [-0.4, -0.2) is 28.0 Å². The molecule has 4 rings (SSSR count). The highest BCUT2D eigenvalue weighted by Gasteiger charge is 2.22. The van der Waals surface area contributed by atoms with Crippen LogP contribution in [0.5, 0.6) is 0 Å². The second kappa shape index (κ2) is 8.98. The summed E-state index contributed by atoms with van der Waals surface area (Å²) in [6, 6.07) is 14.7. The number of benzene rings is 2. The molecule has 0 aliphatic heterocycles. The Hall–Kier alpha value is -3.35. The maximum Gasteiger partial charge on any atom is 0.323 e. The summed E-state index contributed by atoms with van der Waals surface area (Å²) in [7, 11) is 1.97. The molecule has 1 heterocycles. The lowest BCUT2D eigenvalue weighted by atomic mass is 10.1. The monoisotopic (exact) mass is 405 g/mol. The summed E-state index contributed by atoms with van der Waals surface area (Å²) in [6.07, 6.45) is 4.99. The van der Waals surface area contributed by atoms with Crippen molar-refractivity contribution in [2.45, 2.75) is 32.1 Å². The van der Waals surface area contributed by atoms with Crippen LogP contribution in [0.2, 0.25) is 0 Å². The highest BCUT2D eigenvalue weighted by molar-refractivity contribution is 6.00. The first kappa shape index (κ1) is 19.9. The van der Waals surface area contributed by atoms with Gasteiger partial charge in [0.2, 0.25) is 5.91 Å². The van der Waals surface area contributed by atoms with Gasteiger partial charge in [0.05, 0.1) is 11.0 Å². The minimum atomic E-state index is -0.300. The number of nitrogens with one attached hydrogen (secondary N) is 3. The molecule has 1 aliphatic rings. The summed E-state index contributed by atoms with van der Waals surface area (Å²) < 4.78 is 2.03. The normalized spacial score (nSPS) is 14.0. The molecule has 0 atom stereocenters. The number of aryl methyl sites for hydroxylation is 1. The zero-order valence-corrected chi connectivity index (χ0v) is 17.1. The third-order valence-corrected chi connectivity index (χ3v) is 5.64. The second-order valence-corrected chi connectivity index (χ2v) is 7.76. The second-order valence-electron chi connectivity index (χ2n) is 7.76. The SMILES string of the molecule is Cn1c(CCNC(=O)C2CCCC2)nc2cc(NC(=O)Nc3ccccc3)ccc21. The predicted octanol–water partition coefficient (Wildman–Crippen LogP) is 4.07. The summed E-state index contributed by atoms with van der Waals surface area (Å²) in [5.41, 5.74) is 3.21. The van der Waals surface area contributed by atoms with E-state index in [1.807, 2.05) is 60.1 Å². The Balaban J connectivity index is 1.37. The van der Waals surface area contributed by atoms with Crippen molar-refractivity contribution in [2.24, 2.45) is 13.0 Å². The van der Waals surface area contributed by atoms with Gasteiger partial charge in [-0.2, -0.15) is 0 Å². The van der Waals surface area contributed by atoms with E-state index < -0.39 is 0 Å². The number of carbonyl (C=O) groups excluding carboxylic acids is 2. The fourth-order valence-electron chi connectivity index (χ4n) is 4.00. The number of anilines is 2. The number of hydrogen-bond acceptors (Lipinski definition) is 3. The Morgan fingerprint density at radius 2 is 1.77 bits per heavy atom. The molecule has 0 spiro atoms. The molecule has 1 aliphatic carbocycles. The van der Waals surface area contributed by atoms with Crippen LogP contribution in [0.25, 0.3) is 11.0 Å². The average molecular weight is 406 g/mol. The van der Waals surface area contributed by atoms with E-state index >= 15 is 0 Å². The molecule has 3 aromatic rings. The zero-order chi connectivity index (χ0) is 20.9. The summed E-state index contributed by atoms with van der Waals surface area (Å²) in [5.74, 6) is 1.26. The molecule has 3 N–H and O–H groups in total. The largest absolute Gasteiger partial charge is 0.355 e. The van der Waals surface area contributed by atoms with Crippen LogP contribution >= 0.6 is 0 Å². The van der Waals surface area contributed by atoms with Gasteiger partial charge in [-0.25, -0.2) is 9.78 Å². The molecule has 2 aromatic carbocycles. The Labute approximate surface area is 175 Å². The topological polar surface area (TPSA) is 88.1 Å². The van der Waals surface area contributed by atoms with E-state index in [1.165, 1.54) is 0 Å². The smallest absolute Gasteiger partial charge is 0.323 e. The summed E-state index contributed by atoms with van der Waals surface area (Å²) in [4.78, 5) is 29.1. The lowest BCUT2D eigenvalue weighted by Crippen LogP contribution is -2.31. The number of urea groups is 1. The van der Waals surface area contributed by atoms with Crippen molar-refractivity contribution >= 4 is 34.3 Å². The lowest BCUT2D eigenvalue weighted by molar-refractivity contribution is -0.124. The number of amides is 3. The Kier molecular flexibility index (Phi) is 5.97. The third kappa shape index (κ3) is 4.62. The van der Waals surface area contributed by atoms with Gasteiger partial charge < -0.3 is 20.5 Å². The Morgan fingerprint density at radius 3 is 2.53 bits per heavy atom. The van der Waals surface area contributed by atoms with Crippen molar-refractivity contribution in [1.29, 1.82) is 0 Å². The molecule has 1 saturated carbocycles. The molecule has 30 heavy (non-hydrogen) atoms. The van der Waals surface area contributed by atoms with Gasteiger partial charge in [0.25, 0.3) is 0 Å². The van der Waals surface area contributed by atoms with Crippen LogP contribution in [0.3, 0.4) is 0 Å². The number of hydrogen-bond donors (Lipinski definition) is 3. The summed E-state index contributed by atoms with van der Waals surface area (Å²) in [6.45, 7) is 0.580. The summed E-state index contributed by atoms with van der Waals surface area (Å²) in [5, 5.41) is 8.69. The standard InChI is InChI=1S/C23H27N5O2/c1-28-20-12-11-18(26-23(30)25-17-9-3-2-4-10-17)15-19(20)27-21(28)13-14-24-22(29)16-7-5-6-8-16/h2-4,9-12,15-16H,5-8,13-14H2,1H3,(H,24,29)(H2,25,26,30). The van der Waals surface area contributed by atoms with Gasteiger partial charge >= 0.3 is 6.03 Å². The van der Waals surface area contributed by atoms with Crippen LogP contribution in [0.4, 0.5) is 16.2 Å². The van der Waals surface area contributed by atoms with Gasteiger partial charge in [-0.3, -0.25) is 4.79 Å². The van der Waals surface area contributed by atoms with Crippen LogP contribution in [0.1, 0.15) is 31.5 Å². The predicted molar refractivity (Wildman–Crippen MR) is 118 cm³/mol. The molecule has 7 heteroatoms. The molecular weight excluding hydrogens is 378 g/mol. The number of nitrogens with zero attached hydrogens (tertiary/aromatic N) is 2. The van der Waals surface area contributed by atoms with Gasteiger partial charge in [0.15, 0.2) is 0 Å². The fraction of sp³-hybridized carbons (Fsp3) is 0.348. The zero-order valence-electron chi connectivity index (χ0n) is 17.1. The molecule has 1 fully saturated rings. The van der Waals surface area contributed by atoms with Crippen LogP contribution in [0, 0.1) is 5.92 Å². The maximum atomic E-state index is 12.2. The fourth-order valence-corrected chi connectivity index (χ4v) is 4.00. The van der Waals surface area contributed by atoms with Crippen LogP contribution in [0.15, 0.2) is 48.5 Å². The highest BCUT2D eigenvalue weighted by atomic mass is 16.2. The molecule has 0 bridgehead atoms. The van der Waals surface area contributed by atoms with Gasteiger partial charge in [0, 0.05) is 37.3 Å². The maximum absolute atomic E-state index is 12.2. The number of imidazole rings is 1. The third-order valence-electron chi connectivity index (χ3n) is 5.64. The van der Waals surface area contributed by atoms with Crippen molar-refractivity contribution in [1.82, 2.24) is 14.9 Å². The minimum Gasteiger partial charge on any atom is -0.355 e. The number of fused-ring (bicyclic) bond motifs is 1. The van der Waals surface area contributed by atoms with Gasteiger partial charge in [-0.1, -0.05) is 31.0 Å². The van der Waals surface area contributed by atoms with Crippen molar-refractivity contribution in [3.8, 4) is 0 Å². The van der Waals surface area contributed by atoms with Crippen molar-refractivity contribution < 1.29 is 9.59 Å². The van der Waals surface area contributed by atoms with Gasteiger partial charge in [-0.05, 0) is 43.2 Å². The van der Waals surface area contributed by atoms with Crippen molar-refractivity contribution in [3.63, 3.8) is 0 Å². The van der Waals surface area contributed by atoms with Crippen molar-refractivity contribution in [2.75, 3.05) is 17.2 Å². The molecule has 0 radical (unpaired) electrons. The lowest BCUT2D eigenvalue weighted by Gasteiger charge is -2.10. The van der Waals surface area contributed by atoms with E-state index in [0.717, 1.165) is 48.2 Å². The van der Waals surface area contributed by atoms with E-state index in [4.69, 9.17) is 4.98 Å². The number of rotatable bonds is 6. The van der Waals surface area contributed by atoms with E-state index in [9.17, 15) is 9.59 Å². The first-order chi connectivity index (χ1) is 14.6. The van der Waals surface area contributed by atoms with Crippen LogP contribution in [-0.2, 0) is 18.3 Å². The van der Waals surface area contributed by atoms with Gasteiger partial charge in [-0.15, -0.1) is 0 Å². The Morgan fingerprint density at radius 1 is 1.03 bits per heavy atom. The number of aromatic nitrogens is 2. The molecular formula is C23H27N5O2. The van der Waals surface area contributed by atoms with E-state index in [-0.39, 0.29) is 17.9 Å².